The number of hydrogen-bond acceptors (Lipinski definition) is 4. The lowest BCUT2D eigenvalue weighted by atomic mass is 10.1. The van der Waals surface area contributed by atoms with Crippen LogP contribution in [-0.2, 0) is 0 Å². The molecule has 2 N–H and O–H groups in total. The fraction of sp³-hybridized carbons (Fsp3) is 0.400. The van der Waals surface area contributed by atoms with E-state index < -0.39 is 0 Å². The van der Waals surface area contributed by atoms with Crippen LogP contribution in [0.5, 0.6) is 0 Å². The van der Waals surface area contributed by atoms with E-state index in [4.69, 9.17) is 5.73 Å². The molecule has 1 atom stereocenters. The second-order valence-corrected chi connectivity index (χ2v) is 6.75. The van der Waals surface area contributed by atoms with Gasteiger partial charge < -0.3 is 15.5 Å². The Morgan fingerprint density at radius 2 is 2.08 bits per heavy atom. The van der Waals surface area contributed by atoms with Crippen molar-refractivity contribution >= 4 is 11.6 Å². The van der Waals surface area contributed by atoms with Gasteiger partial charge in [-0.05, 0) is 32.0 Å². The van der Waals surface area contributed by atoms with Gasteiger partial charge >= 0.3 is 0 Å². The monoisotopic (exact) mass is 338 g/mol. The third-order valence-corrected chi connectivity index (χ3v) is 4.95. The molecule has 3 rings (SSSR count). The lowest BCUT2D eigenvalue weighted by molar-refractivity contribution is 0.0785. The zero-order valence-electron chi connectivity index (χ0n) is 15.0. The predicted molar refractivity (Wildman–Crippen MR) is 101 cm³/mol. The minimum absolute atomic E-state index is 0.0127. The molecule has 1 aromatic heterocycles. The Morgan fingerprint density at radius 1 is 1.32 bits per heavy atom. The highest BCUT2D eigenvalue weighted by Gasteiger charge is 2.29. The molecule has 2 aromatic rings. The van der Waals surface area contributed by atoms with Crippen molar-refractivity contribution in [2.24, 2.45) is 5.92 Å². The number of carbonyl (C=O) groups is 1. The van der Waals surface area contributed by atoms with Crippen molar-refractivity contribution in [3.8, 4) is 11.3 Å². The fourth-order valence-electron chi connectivity index (χ4n) is 3.39. The molecule has 5 heteroatoms. The SMILES string of the molecule is CCN(C)CC1CCN(C(=O)c2ccnc(-c3ccccc3)c2N)C1. The molecule has 132 valence electrons. The molecule has 0 bridgehead atoms. The van der Waals surface area contributed by atoms with Crippen molar-refractivity contribution in [1.82, 2.24) is 14.8 Å². The van der Waals surface area contributed by atoms with E-state index in [2.05, 4.69) is 23.9 Å². The molecule has 1 aliphatic rings. The zero-order chi connectivity index (χ0) is 17.8. The fourth-order valence-corrected chi connectivity index (χ4v) is 3.39. The summed E-state index contributed by atoms with van der Waals surface area (Å²) in [6, 6.07) is 11.5. The lowest BCUT2D eigenvalue weighted by Gasteiger charge is -2.21. The van der Waals surface area contributed by atoms with Crippen LogP contribution in [0, 0.1) is 5.92 Å². The minimum Gasteiger partial charge on any atom is -0.396 e. The summed E-state index contributed by atoms with van der Waals surface area (Å²) in [7, 11) is 2.12. The quantitative estimate of drug-likeness (QED) is 0.910. The molecule has 0 saturated carbocycles. The van der Waals surface area contributed by atoms with Crippen LogP contribution in [0.2, 0.25) is 0 Å². The van der Waals surface area contributed by atoms with Gasteiger partial charge in [0.15, 0.2) is 0 Å². The number of amides is 1. The average molecular weight is 338 g/mol. The van der Waals surface area contributed by atoms with Crippen LogP contribution in [-0.4, -0.2) is 53.9 Å². The molecule has 1 unspecified atom stereocenters. The second-order valence-electron chi connectivity index (χ2n) is 6.75. The number of nitrogens with zero attached hydrogens (tertiary/aromatic N) is 3. The Morgan fingerprint density at radius 3 is 2.80 bits per heavy atom. The van der Waals surface area contributed by atoms with Gasteiger partial charge in [0, 0.05) is 31.4 Å². The van der Waals surface area contributed by atoms with Crippen LogP contribution in [0.4, 0.5) is 5.69 Å². The normalized spacial score (nSPS) is 17.2. The molecule has 25 heavy (non-hydrogen) atoms. The summed E-state index contributed by atoms with van der Waals surface area (Å²) in [5, 5.41) is 0. The Hall–Kier alpha value is -2.40. The van der Waals surface area contributed by atoms with Crippen molar-refractivity contribution in [3.63, 3.8) is 0 Å². The van der Waals surface area contributed by atoms with Crippen LogP contribution < -0.4 is 5.73 Å². The second kappa shape index (κ2) is 7.66. The van der Waals surface area contributed by atoms with E-state index in [1.165, 1.54) is 0 Å². The lowest BCUT2D eigenvalue weighted by Crippen LogP contribution is -2.32. The van der Waals surface area contributed by atoms with Crippen LogP contribution in [0.1, 0.15) is 23.7 Å². The van der Waals surface area contributed by atoms with Gasteiger partial charge in [0.05, 0.1) is 16.9 Å². The topological polar surface area (TPSA) is 62.5 Å². The number of aromatic nitrogens is 1. The molecular formula is C20H26N4O. The van der Waals surface area contributed by atoms with E-state index in [9.17, 15) is 4.79 Å². The van der Waals surface area contributed by atoms with Crippen LogP contribution in [0.25, 0.3) is 11.3 Å². The number of likely N-dealkylation sites (tertiary alicyclic amines) is 1. The maximum atomic E-state index is 13.0. The van der Waals surface area contributed by atoms with E-state index in [0.717, 1.165) is 38.2 Å². The first kappa shape index (κ1) is 17.4. The van der Waals surface area contributed by atoms with Gasteiger partial charge in [-0.3, -0.25) is 9.78 Å². The number of pyridine rings is 1. The molecule has 1 amide bonds. The maximum Gasteiger partial charge on any atom is 0.256 e. The summed E-state index contributed by atoms with van der Waals surface area (Å²) in [5.74, 6) is 0.546. The summed E-state index contributed by atoms with van der Waals surface area (Å²) in [6.45, 7) is 5.80. The first-order valence-electron chi connectivity index (χ1n) is 8.87. The van der Waals surface area contributed by atoms with E-state index >= 15 is 0 Å². The van der Waals surface area contributed by atoms with E-state index in [0.29, 0.717) is 22.9 Å². The molecule has 1 aromatic carbocycles. The van der Waals surface area contributed by atoms with Crippen molar-refractivity contribution < 1.29 is 4.79 Å². The largest absolute Gasteiger partial charge is 0.396 e. The zero-order valence-corrected chi connectivity index (χ0v) is 15.0. The molecule has 0 aliphatic carbocycles. The predicted octanol–water partition coefficient (Wildman–Crippen LogP) is 2.74. The van der Waals surface area contributed by atoms with Gasteiger partial charge in [-0.15, -0.1) is 0 Å². The molecule has 0 spiro atoms. The smallest absolute Gasteiger partial charge is 0.256 e. The first-order valence-corrected chi connectivity index (χ1v) is 8.87. The maximum absolute atomic E-state index is 13.0. The Balaban J connectivity index is 1.77. The number of benzene rings is 1. The molecule has 5 nitrogen and oxygen atoms in total. The Kier molecular flexibility index (Phi) is 5.34. The van der Waals surface area contributed by atoms with E-state index in [1.807, 2.05) is 35.2 Å². The summed E-state index contributed by atoms with van der Waals surface area (Å²) >= 11 is 0. The van der Waals surface area contributed by atoms with Gasteiger partial charge in [-0.2, -0.15) is 0 Å². The van der Waals surface area contributed by atoms with Gasteiger partial charge in [0.2, 0.25) is 0 Å². The standard InChI is InChI=1S/C20H26N4O/c1-3-23(2)13-15-10-12-24(14-15)20(25)17-9-11-22-19(18(17)21)16-7-5-4-6-8-16/h4-9,11,15H,3,10,12-14,21H2,1-2H3. The minimum atomic E-state index is 0.0127. The number of anilines is 1. The van der Waals surface area contributed by atoms with Gasteiger partial charge in [-0.1, -0.05) is 37.3 Å². The first-order chi connectivity index (χ1) is 12.1. The Bertz CT molecular complexity index is 732. The van der Waals surface area contributed by atoms with Crippen LogP contribution in [0.15, 0.2) is 42.6 Å². The van der Waals surface area contributed by atoms with Crippen molar-refractivity contribution in [3.05, 3.63) is 48.2 Å². The molecule has 2 heterocycles. The average Bonchev–Trinajstić information content (AvgIpc) is 3.10. The van der Waals surface area contributed by atoms with Gasteiger partial charge in [-0.25, -0.2) is 0 Å². The van der Waals surface area contributed by atoms with Crippen LogP contribution >= 0.6 is 0 Å². The molecule has 0 radical (unpaired) electrons. The highest BCUT2D eigenvalue weighted by molar-refractivity contribution is 6.01. The highest BCUT2D eigenvalue weighted by atomic mass is 16.2. The van der Waals surface area contributed by atoms with Crippen molar-refractivity contribution in [2.75, 3.05) is 39.0 Å². The number of rotatable bonds is 5. The van der Waals surface area contributed by atoms with Crippen molar-refractivity contribution in [1.29, 1.82) is 0 Å². The molecule has 1 fully saturated rings. The van der Waals surface area contributed by atoms with Gasteiger partial charge in [0.1, 0.15) is 0 Å². The van der Waals surface area contributed by atoms with Crippen LogP contribution in [0.3, 0.4) is 0 Å². The summed E-state index contributed by atoms with van der Waals surface area (Å²) in [4.78, 5) is 21.6. The third-order valence-electron chi connectivity index (χ3n) is 4.95. The number of carbonyl (C=O) groups excluding carboxylic acids is 1. The molecular weight excluding hydrogens is 312 g/mol. The summed E-state index contributed by atoms with van der Waals surface area (Å²) in [6.07, 6.45) is 2.72. The highest BCUT2D eigenvalue weighted by Crippen LogP contribution is 2.28. The third kappa shape index (κ3) is 3.82. The number of nitrogens with two attached hydrogens (primary N) is 1. The number of nitrogen functional groups attached to an aromatic ring is 1. The summed E-state index contributed by atoms with van der Waals surface area (Å²) < 4.78 is 0. The Labute approximate surface area is 149 Å². The molecule has 1 aliphatic heterocycles. The van der Waals surface area contributed by atoms with Crippen molar-refractivity contribution in [2.45, 2.75) is 13.3 Å². The van der Waals surface area contributed by atoms with E-state index in [-0.39, 0.29) is 5.91 Å². The summed E-state index contributed by atoms with van der Waals surface area (Å²) in [5.41, 5.74) is 8.93. The van der Waals surface area contributed by atoms with E-state index in [1.54, 1.807) is 12.3 Å². The molecule has 1 saturated heterocycles. The number of hydrogen-bond donors (Lipinski definition) is 1. The van der Waals surface area contributed by atoms with Gasteiger partial charge in [0.25, 0.3) is 5.91 Å².